The standard InChI is InChI=1S/C18H25N3O4/c22-16(7-3-6-15-19-17(20-25-15)11-8-9-11)21-13-5-2-1-4-12(13)10-14(21)18(23)24/h11-14H,1-10H2,(H,23,24)/t12-,13+,14-/m0/s1. The number of hydrogen-bond donors (Lipinski definition) is 1. The van der Waals surface area contributed by atoms with E-state index in [9.17, 15) is 14.7 Å². The molecule has 0 radical (unpaired) electrons. The molecule has 3 aliphatic rings. The summed E-state index contributed by atoms with van der Waals surface area (Å²) in [5.74, 6) is 1.29. The fourth-order valence-electron chi connectivity index (χ4n) is 4.44. The van der Waals surface area contributed by atoms with E-state index in [1.807, 2.05) is 0 Å². The molecular formula is C18H25N3O4. The van der Waals surface area contributed by atoms with E-state index in [0.29, 0.717) is 43.4 Å². The van der Waals surface area contributed by atoms with Crippen LogP contribution >= 0.6 is 0 Å². The van der Waals surface area contributed by atoms with Gasteiger partial charge in [0.15, 0.2) is 5.82 Å². The van der Waals surface area contributed by atoms with Gasteiger partial charge in [0.2, 0.25) is 11.8 Å². The Hall–Kier alpha value is -1.92. The predicted molar refractivity (Wildman–Crippen MR) is 87.8 cm³/mol. The van der Waals surface area contributed by atoms with Gasteiger partial charge in [-0.05, 0) is 44.4 Å². The number of carboxylic acid groups (broad SMARTS) is 1. The topological polar surface area (TPSA) is 96.5 Å². The largest absolute Gasteiger partial charge is 0.480 e. The van der Waals surface area contributed by atoms with Crippen LogP contribution in [-0.4, -0.2) is 44.1 Å². The van der Waals surface area contributed by atoms with Gasteiger partial charge in [0.05, 0.1) is 0 Å². The number of hydrogen-bond acceptors (Lipinski definition) is 5. The van der Waals surface area contributed by atoms with Crippen molar-refractivity contribution in [2.75, 3.05) is 0 Å². The van der Waals surface area contributed by atoms with Crippen LogP contribution in [-0.2, 0) is 16.0 Å². The normalized spacial score (nSPS) is 28.8. The van der Waals surface area contributed by atoms with Crippen molar-refractivity contribution in [2.24, 2.45) is 5.92 Å². The molecule has 0 bridgehead atoms. The lowest BCUT2D eigenvalue weighted by Crippen LogP contribution is -2.46. The number of aryl methyl sites for hydroxylation is 1. The molecule has 25 heavy (non-hydrogen) atoms. The molecule has 1 N–H and O–H groups in total. The van der Waals surface area contributed by atoms with Crippen LogP contribution < -0.4 is 0 Å². The van der Waals surface area contributed by atoms with E-state index in [4.69, 9.17) is 4.52 Å². The van der Waals surface area contributed by atoms with E-state index in [1.165, 1.54) is 0 Å². The maximum absolute atomic E-state index is 12.7. The van der Waals surface area contributed by atoms with Gasteiger partial charge < -0.3 is 14.5 Å². The van der Waals surface area contributed by atoms with E-state index in [-0.39, 0.29) is 11.9 Å². The zero-order chi connectivity index (χ0) is 17.4. The summed E-state index contributed by atoms with van der Waals surface area (Å²) < 4.78 is 5.24. The second-order valence-corrected chi connectivity index (χ2v) is 7.68. The third-order valence-corrected chi connectivity index (χ3v) is 5.87. The highest BCUT2D eigenvalue weighted by molar-refractivity contribution is 5.84. The average Bonchev–Trinajstić information content (AvgIpc) is 3.21. The molecule has 136 valence electrons. The molecule has 2 aliphatic carbocycles. The molecule has 1 amide bonds. The van der Waals surface area contributed by atoms with Gasteiger partial charge in [-0.2, -0.15) is 4.98 Å². The van der Waals surface area contributed by atoms with Crippen LogP contribution in [0.3, 0.4) is 0 Å². The molecule has 0 unspecified atom stereocenters. The minimum absolute atomic E-state index is 0.0382. The van der Waals surface area contributed by atoms with Gasteiger partial charge in [0.25, 0.3) is 0 Å². The molecule has 2 saturated carbocycles. The summed E-state index contributed by atoms with van der Waals surface area (Å²) >= 11 is 0. The lowest BCUT2D eigenvalue weighted by molar-refractivity contribution is -0.149. The van der Waals surface area contributed by atoms with Crippen LogP contribution in [0.4, 0.5) is 0 Å². The fraction of sp³-hybridized carbons (Fsp3) is 0.778. The van der Waals surface area contributed by atoms with Crippen molar-refractivity contribution < 1.29 is 19.2 Å². The second kappa shape index (κ2) is 6.77. The third kappa shape index (κ3) is 3.41. The Labute approximate surface area is 146 Å². The molecular weight excluding hydrogens is 322 g/mol. The lowest BCUT2D eigenvalue weighted by Gasteiger charge is -2.33. The number of aliphatic carboxylic acids is 1. The number of carbonyl (C=O) groups is 2. The summed E-state index contributed by atoms with van der Waals surface area (Å²) in [5.41, 5.74) is 0. The van der Waals surface area contributed by atoms with Crippen LogP contribution in [0.1, 0.15) is 75.4 Å². The zero-order valence-electron chi connectivity index (χ0n) is 14.4. The van der Waals surface area contributed by atoms with Crippen LogP contribution in [0.5, 0.6) is 0 Å². The van der Waals surface area contributed by atoms with E-state index in [1.54, 1.807) is 4.90 Å². The number of rotatable bonds is 6. The van der Waals surface area contributed by atoms with Crippen LogP contribution in [0, 0.1) is 5.92 Å². The van der Waals surface area contributed by atoms with Crippen molar-refractivity contribution in [3.8, 4) is 0 Å². The van der Waals surface area contributed by atoms with Gasteiger partial charge in [-0.25, -0.2) is 4.79 Å². The minimum atomic E-state index is -0.867. The summed E-state index contributed by atoms with van der Waals surface area (Å²) in [5, 5.41) is 13.5. The van der Waals surface area contributed by atoms with E-state index in [2.05, 4.69) is 10.1 Å². The Morgan fingerprint density at radius 2 is 2.00 bits per heavy atom. The van der Waals surface area contributed by atoms with Crippen LogP contribution in [0.2, 0.25) is 0 Å². The molecule has 1 aliphatic heterocycles. The molecule has 3 atom stereocenters. The first kappa shape index (κ1) is 16.5. The number of amides is 1. The zero-order valence-corrected chi connectivity index (χ0v) is 14.4. The second-order valence-electron chi connectivity index (χ2n) is 7.68. The first-order valence-electron chi connectivity index (χ1n) is 9.50. The van der Waals surface area contributed by atoms with Crippen molar-refractivity contribution in [2.45, 2.75) is 82.2 Å². The van der Waals surface area contributed by atoms with Gasteiger partial charge in [-0.1, -0.05) is 18.0 Å². The quantitative estimate of drug-likeness (QED) is 0.849. The SMILES string of the molecule is O=C(O)[C@@H]1C[C@@H]2CCCC[C@H]2N1C(=O)CCCc1nc(C2CC2)no1. The first-order valence-corrected chi connectivity index (χ1v) is 9.50. The number of carbonyl (C=O) groups excluding carboxylic acids is 1. The molecule has 4 rings (SSSR count). The molecule has 3 fully saturated rings. The highest BCUT2D eigenvalue weighted by Crippen LogP contribution is 2.40. The maximum atomic E-state index is 12.7. The van der Waals surface area contributed by atoms with Gasteiger partial charge in [0.1, 0.15) is 6.04 Å². The molecule has 1 aromatic heterocycles. The number of nitrogens with zero attached hydrogens (tertiary/aromatic N) is 3. The molecule has 7 heteroatoms. The molecule has 2 heterocycles. The highest BCUT2D eigenvalue weighted by atomic mass is 16.5. The van der Waals surface area contributed by atoms with Gasteiger partial charge >= 0.3 is 5.97 Å². The van der Waals surface area contributed by atoms with E-state index in [0.717, 1.165) is 44.3 Å². The maximum Gasteiger partial charge on any atom is 0.326 e. The van der Waals surface area contributed by atoms with Crippen LogP contribution in [0.15, 0.2) is 4.52 Å². The van der Waals surface area contributed by atoms with Gasteiger partial charge in [0, 0.05) is 24.8 Å². The smallest absolute Gasteiger partial charge is 0.326 e. The van der Waals surface area contributed by atoms with Gasteiger partial charge in [-0.3, -0.25) is 4.79 Å². The summed E-state index contributed by atoms with van der Waals surface area (Å²) in [4.78, 5) is 30.4. The first-order chi connectivity index (χ1) is 12.1. The van der Waals surface area contributed by atoms with E-state index < -0.39 is 12.0 Å². The number of fused-ring (bicyclic) bond motifs is 1. The Morgan fingerprint density at radius 1 is 1.20 bits per heavy atom. The Kier molecular flexibility index (Phi) is 4.48. The third-order valence-electron chi connectivity index (χ3n) is 5.87. The Bertz CT molecular complexity index is 655. The van der Waals surface area contributed by atoms with Crippen molar-refractivity contribution in [1.29, 1.82) is 0 Å². The predicted octanol–water partition coefficient (Wildman–Crippen LogP) is 2.51. The summed E-state index contributed by atoms with van der Waals surface area (Å²) in [7, 11) is 0. The van der Waals surface area contributed by atoms with Crippen molar-refractivity contribution >= 4 is 11.9 Å². The summed E-state index contributed by atoms with van der Waals surface area (Å²) in [6.45, 7) is 0. The molecule has 1 aromatic rings. The Morgan fingerprint density at radius 3 is 2.76 bits per heavy atom. The lowest BCUT2D eigenvalue weighted by atomic mass is 9.84. The van der Waals surface area contributed by atoms with Crippen molar-refractivity contribution in [1.82, 2.24) is 15.0 Å². The molecule has 7 nitrogen and oxygen atoms in total. The van der Waals surface area contributed by atoms with Crippen molar-refractivity contribution in [3.05, 3.63) is 11.7 Å². The molecule has 0 aromatic carbocycles. The monoisotopic (exact) mass is 347 g/mol. The fourth-order valence-corrected chi connectivity index (χ4v) is 4.44. The van der Waals surface area contributed by atoms with E-state index >= 15 is 0 Å². The molecule has 0 spiro atoms. The highest BCUT2D eigenvalue weighted by Gasteiger charge is 2.47. The average molecular weight is 347 g/mol. The minimum Gasteiger partial charge on any atom is -0.480 e. The van der Waals surface area contributed by atoms with Crippen molar-refractivity contribution in [3.63, 3.8) is 0 Å². The number of likely N-dealkylation sites (tertiary alicyclic amines) is 1. The van der Waals surface area contributed by atoms with Crippen LogP contribution in [0.25, 0.3) is 0 Å². The number of aromatic nitrogens is 2. The summed E-state index contributed by atoms with van der Waals surface area (Å²) in [6.07, 6.45) is 8.62. The van der Waals surface area contributed by atoms with Gasteiger partial charge in [-0.15, -0.1) is 0 Å². The Balaban J connectivity index is 1.34. The number of carboxylic acids is 1. The molecule has 1 saturated heterocycles. The summed E-state index contributed by atoms with van der Waals surface area (Å²) in [6, 6.07) is -0.530.